The van der Waals surface area contributed by atoms with Gasteiger partial charge in [0.15, 0.2) is 0 Å². The van der Waals surface area contributed by atoms with Crippen LogP contribution in [0.5, 0.6) is 0 Å². The maximum atomic E-state index is 9.38. The van der Waals surface area contributed by atoms with E-state index in [4.69, 9.17) is 4.74 Å². The first-order valence-corrected chi connectivity index (χ1v) is 5.59. The van der Waals surface area contributed by atoms with Crippen molar-refractivity contribution < 1.29 is 9.84 Å². The van der Waals surface area contributed by atoms with Gasteiger partial charge in [-0.1, -0.05) is 20.8 Å². The van der Waals surface area contributed by atoms with E-state index in [1.807, 2.05) is 0 Å². The van der Waals surface area contributed by atoms with Crippen LogP contribution in [0.25, 0.3) is 0 Å². The van der Waals surface area contributed by atoms with Gasteiger partial charge < -0.3 is 9.84 Å². The molecule has 0 amide bonds. The molecular formula is C9H20O2S. The maximum Gasteiger partial charge on any atom is 0.0863 e. The van der Waals surface area contributed by atoms with Crippen molar-refractivity contribution in [1.29, 1.82) is 0 Å². The van der Waals surface area contributed by atoms with Crippen LogP contribution in [-0.2, 0) is 4.74 Å². The summed E-state index contributed by atoms with van der Waals surface area (Å²) in [6, 6.07) is 0. The normalized spacial score (nSPS) is 13.8. The first-order chi connectivity index (χ1) is 5.66. The molecule has 0 aromatic carbocycles. The van der Waals surface area contributed by atoms with E-state index >= 15 is 0 Å². The Hall–Kier alpha value is 0.270. The molecular weight excluding hydrogens is 172 g/mol. The molecule has 0 aromatic rings. The molecule has 0 aliphatic rings. The van der Waals surface area contributed by atoms with Crippen LogP contribution < -0.4 is 0 Å². The van der Waals surface area contributed by atoms with Gasteiger partial charge in [0.05, 0.1) is 12.7 Å². The van der Waals surface area contributed by atoms with E-state index in [9.17, 15) is 5.11 Å². The van der Waals surface area contributed by atoms with Gasteiger partial charge in [0.2, 0.25) is 0 Å². The number of hydrogen-bond acceptors (Lipinski definition) is 3. The Bertz CT molecular complexity index is 96.5. The number of rotatable bonds is 7. The van der Waals surface area contributed by atoms with Gasteiger partial charge in [-0.25, -0.2) is 0 Å². The van der Waals surface area contributed by atoms with Crippen LogP contribution in [0.1, 0.15) is 27.2 Å². The Balaban J connectivity index is 3.15. The van der Waals surface area contributed by atoms with Crippen LogP contribution in [-0.4, -0.2) is 35.4 Å². The third-order valence-electron chi connectivity index (χ3n) is 1.28. The molecule has 0 fully saturated rings. The van der Waals surface area contributed by atoms with Crippen molar-refractivity contribution in [2.24, 2.45) is 0 Å². The zero-order valence-electron chi connectivity index (χ0n) is 8.25. The number of aliphatic hydroxyl groups excluding tert-OH is 1. The van der Waals surface area contributed by atoms with E-state index < -0.39 is 0 Å². The molecule has 2 nitrogen and oxygen atoms in total. The largest absolute Gasteiger partial charge is 0.390 e. The van der Waals surface area contributed by atoms with Crippen LogP contribution in [0.15, 0.2) is 0 Å². The van der Waals surface area contributed by atoms with Gasteiger partial charge >= 0.3 is 0 Å². The van der Waals surface area contributed by atoms with Crippen molar-refractivity contribution in [3.05, 3.63) is 0 Å². The molecule has 12 heavy (non-hydrogen) atoms. The molecule has 0 aromatic heterocycles. The SMILES string of the molecule is CCCOCC(O)CSC(C)C. The number of thioether (sulfide) groups is 1. The van der Waals surface area contributed by atoms with Crippen molar-refractivity contribution in [2.45, 2.75) is 38.5 Å². The minimum Gasteiger partial charge on any atom is -0.390 e. The average molecular weight is 192 g/mol. The Morgan fingerprint density at radius 1 is 1.42 bits per heavy atom. The second-order valence-electron chi connectivity index (χ2n) is 3.11. The standard InChI is InChI=1S/C9H20O2S/c1-4-5-11-6-9(10)7-12-8(2)3/h8-10H,4-7H2,1-3H3. The molecule has 0 heterocycles. The van der Waals surface area contributed by atoms with Crippen LogP contribution in [0.2, 0.25) is 0 Å². The van der Waals surface area contributed by atoms with Gasteiger partial charge in [0.25, 0.3) is 0 Å². The van der Waals surface area contributed by atoms with Crippen LogP contribution in [0, 0.1) is 0 Å². The molecule has 0 rings (SSSR count). The summed E-state index contributed by atoms with van der Waals surface area (Å²) in [5.74, 6) is 0.779. The zero-order valence-corrected chi connectivity index (χ0v) is 9.06. The minimum absolute atomic E-state index is 0.302. The van der Waals surface area contributed by atoms with E-state index in [-0.39, 0.29) is 6.10 Å². The molecule has 0 saturated heterocycles. The van der Waals surface area contributed by atoms with E-state index in [1.54, 1.807) is 11.8 Å². The van der Waals surface area contributed by atoms with Gasteiger partial charge in [-0.2, -0.15) is 11.8 Å². The molecule has 0 aliphatic heterocycles. The van der Waals surface area contributed by atoms with Crippen molar-refractivity contribution in [3.63, 3.8) is 0 Å². The minimum atomic E-state index is -0.302. The number of hydrogen-bond donors (Lipinski definition) is 1. The highest BCUT2D eigenvalue weighted by Crippen LogP contribution is 2.10. The van der Waals surface area contributed by atoms with E-state index in [1.165, 1.54) is 0 Å². The third kappa shape index (κ3) is 8.37. The second kappa shape index (κ2) is 7.90. The summed E-state index contributed by atoms with van der Waals surface area (Å²) < 4.78 is 5.21. The molecule has 0 aliphatic carbocycles. The molecule has 74 valence electrons. The Labute approximate surface area is 79.7 Å². The predicted octanol–water partition coefficient (Wildman–Crippen LogP) is 1.92. The second-order valence-corrected chi connectivity index (χ2v) is 4.72. The van der Waals surface area contributed by atoms with E-state index in [0.29, 0.717) is 11.9 Å². The number of aliphatic hydroxyl groups is 1. The molecule has 3 heteroatoms. The molecule has 0 bridgehead atoms. The quantitative estimate of drug-likeness (QED) is 0.625. The van der Waals surface area contributed by atoms with Gasteiger partial charge in [-0.05, 0) is 11.7 Å². The topological polar surface area (TPSA) is 29.5 Å². The van der Waals surface area contributed by atoms with Crippen LogP contribution in [0.4, 0.5) is 0 Å². The highest BCUT2D eigenvalue weighted by Gasteiger charge is 2.05. The van der Waals surface area contributed by atoms with Crippen molar-refractivity contribution >= 4 is 11.8 Å². The molecule has 1 N–H and O–H groups in total. The van der Waals surface area contributed by atoms with Crippen LogP contribution >= 0.6 is 11.8 Å². The molecule has 0 saturated carbocycles. The summed E-state index contributed by atoms with van der Waals surface area (Å²) in [5, 5.41) is 9.97. The molecule has 1 atom stereocenters. The fraction of sp³-hybridized carbons (Fsp3) is 1.00. The van der Waals surface area contributed by atoms with Gasteiger partial charge in [0, 0.05) is 12.4 Å². The fourth-order valence-corrected chi connectivity index (χ4v) is 1.42. The van der Waals surface area contributed by atoms with Crippen molar-refractivity contribution in [3.8, 4) is 0 Å². The third-order valence-corrected chi connectivity index (χ3v) is 2.52. The van der Waals surface area contributed by atoms with Crippen molar-refractivity contribution in [1.82, 2.24) is 0 Å². The monoisotopic (exact) mass is 192 g/mol. The smallest absolute Gasteiger partial charge is 0.0863 e. The summed E-state index contributed by atoms with van der Waals surface area (Å²) in [7, 11) is 0. The first kappa shape index (κ1) is 12.3. The Morgan fingerprint density at radius 3 is 2.58 bits per heavy atom. The van der Waals surface area contributed by atoms with E-state index in [2.05, 4.69) is 20.8 Å². The summed E-state index contributed by atoms with van der Waals surface area (Å²) in [5.41, 5.74) is 0. The lowest BCUT2D eigenvalue weighted by molar-refractivity contribution is 0.0489. The Kier molecular flexibility index (Phi) is 8.07. The maximum absolute atomic E-state index is 9.38. The lowest BCUT2D eigenvalue weighted by Crippen LogP contribution is -2.19. The van der Waals surface area contributed by atoms with Gasteiger partial charge in [0.1, 0.15) is 0 Å². The zero-order chi connectivity index (χ0) is 9.40. The lowest BCUT2D eigenvalue weighted by Gasteiger charge is -2.11. The Morgan fingerprint density at radius 2 is 2.08 bits per heavy atom. The number of ether oxygens (including phenoxy) is 1. The van der Waals surface area contributed by atoms with Gasteiger partial charge in [-0.3, -0.25) is 0 Å². The molecule has 1 unspecified atom stereocenters. The molecule has 0 radical (unpaired) electrons. The summed E-state index contributed by atoms with van der Waals surface area (Å²) >= 11 is 1.77. The fourth-order valence-electron chi connectivity index (χ4n) is 0.715. The predicted molar refractivity (Wildman–Crippen MR) is 54.7 cm³/mol. The highest BCUT2D eigenvalue weighted by molar-refractivity contribution is 7.99. The van der Waals surface area contributed by atoms with Crippen molar-refractivity contribution in [2.75, 3.05) is 19.0 Å². The summed E-state index contributed by atoms with van der Waals surface area (Å²) in [4.78, 5) is 0. The highest BCUT2D eigenvalue weighted by atomic mass is 32.2. The summed E-state index contributed by atoms with van der Waals surface area (Å²) in [6.07, 6.45) is 0.716. The van der Waals surface area contributed by atoms with Crippen LogP contribution in [0.3, 0.4) is 0 Å². The lowest BCUT2D eigenvalue weighted by atomic mass is 10.4. The van der Waals surface area contributed by atoms with E-state index in [0.717, 1.165) is 18.8 Å². The average Bonchev–Trinajstić information content (AvgIpc) is 2.01. The summed E-state index contributed by atoms with van der Waals surface area (Å²) in [6.45, 7) is 7.56. The first-order valence-electron chi connectivity index (χ1n) is 4.54. The van der Waals surface area contributed by atoms with Gasteiger partial charge in [-0.15, -0.1) is 0 Å². The molecule has 0 spiro atoms.